The predicted octanol–water partition coefficient (Wildman–Crippen LogP) is 1.96. The molecule has 26 heavy (non-hydrogen) atoms. The number of furan rings is 1. The van der Waals surface area contributed by atoms with Crippen molar-refractivity contribution < 1.29 is 27.2 Å². The standard InChI is InChI=1S/C14H14BrN3O6S2/c1-26(21,22)11-6-16-13(25-11)18-10(7-17(4-3-15)14(18)20)24-12(19)9-2-5-23-8-9/h2,5-6,8,10H,3-4,7H2,1H3. The summed E-state index contributed by atoms with van der Waals surface area (Å²) >= 11 is 4.12. The van der Waals surface area contributed by atoms with Crippen molar-refractivity contribution in [3.05, 3.63) is 30.4 Å². The molecule has 1 atom stereocenters. The Labute approximate surface area is 161 Å². The lowest BCUT2D eigenvalue weighted by molar-refractivity contribution is 0.0326. The van der Waals surface area contributed by atoms with Crippen molar-refractivity contribution >= 4 is 54.2 Å². The van der Waals surface area contributed by atoms with Gasteiger partial charge in [-0.1, -0.05) is 27.3 Å². The average Bonchev–Trinajstić information content (AvgIpc) is 3.28. The molecule has 1 fully saturated rings. The molecule has 0 bridgehead atoms. The minimum absolute atomic E-state index is 0.0270. The second kappa shape index (κ2) is 7.37. The van der Waals surface area contributed by atoms with Crippen LogP contribution in [0.4, 0.5) is 9.93 Å². The normalized spacial score (nSPS) is 17.8. The minimum Gasteiger partial charge on any atom is -0.472 e. The lowest BCUT2D eigenvalue weighted by Crippen LogP contribution is -2.37. The van der Waals surface area contributed by atoms with Crippen molar-refractivity contribution in [1.82, 2.24) is 9.88 Å². The first-order chi connectivity index (χ1) is 12.3. The van der Waals surface area contributed by atoms with Crippen LogP contribution in [0.3, 0.4) is 0 Å². The number of carbonyl (C=O) groups is 2. The molecule has 1 aliphatic rings. The Kier molecular flexibility index (Phi) is 5.34. The van der Waals surface area contributed by atoms with Crippen molar-refractivity contribution in [2.45, 2.75) is 10.4 Å². The molecule has 3 heterocycles. The van der Waals surface area contributed by atoms with Crippen molar-refractivity contribution in [1.29, 1.82) is 0 Å². The molecule has 2 aromatic heterocycles. The number of ether oxygens (including phenoxy) is 1. The third-order valence-electron chi connectivity index (χ3n) is 3.54. The van der Waals surface area contributed by atoms with Crippen LogP contribution in [0.2, 0.25) is 0 Å². The zero-order valence-electron chi connectivity index (χ0n) is 13.5. The summed E-state index contributed by atoms with van der Waals surface area (Å²) in [6.07, 6.45) is 3.89. The van der Waals surface area contributed by atoms with Gasteiger partial charge in [0.2, 0.25) is 6.23 Å². The molecule has 0 radical (unpaired) electrons. The largest absolute Gasteiger partial charge is 0.472 e. The number of hydrogen-bond donors (Lipinski definition) is 0. The van der Waals surface area contributed by atoms with Crippen LogP contribution in [0.1, 0.15) is 10.4 Å². The maximum absolute atomic E-state index is 12.7. The highest BCUT2D eigenvalue weighted by Gasteiger charge is 2.42. The van der Waals surface area contributed by atoms with E-state index >= 15 is 0 Å². The van der Waals surface area contributed by atoms with Crippen LogP contribution in [-0.2, 0) is 14.6 Å². The van der Waals surface area contributed by atoms with E-state index in [1.54, 1.807) is 0 Å². The first kappa shape index (κ1) is 18.9. The number of rotatable bonds is 6. The molecule has 12 heteroatoms. The molecule has 0 saturated carbocycles. The number of nitrogens with zero attached hydrogens (tertiary/aromatic N) is 3. The molecule has 2 amide bonds. The molecule has 1 aliphatic heterocycles. The summed E-state index contributed by atoms with van der Waals surface area (Å²) in [5, 5.41) is 0.694. The molecule has 0 spiro atoms. The van der Waals surface area contributed by atoms with Gasteiger partial charge >= 0.3 is 12.0 Å². The Hall–Kier alpha value is -1.92. The third kappa shape index (κ3) is 3.76. The van der Waals surface area contributed by atoms with Gasteiger partial charge in [-0.05, 0) is 6.07 Å². The number of halogens is 1. The van der Waals surface area contributed by atoms with E-state index in [9.17, 15) is 18.0 Å². The van der Waals surface area contributed by atoms with E-state index in [2.05, 4.69) is 20.9 Å². The fourth-order valence-corrected chi connectivity index (χ4v) is 4.50. The molecular weight excluding hydrogens is 450 g/mol. The van der Waals surface area contributed by atoms with Crippen LogP contribution in [0, 0.1) is 0 Å². The Morgan fingerprint density at radius 1 is 1.54 bits per heavy atom. The summed E-state index contributed by atoms with van der Waals surface area (Å²) in [5.74, 6) is -0.651. The number of carbonyl (C=O) groups excluding carboxylic acids is 2. The van der Waals surface area contributed by atoms with E-state index < -0.39 is 28.1 Å². The van der Waals surface area contributed by atoms with Gasteiger partial charge in [-0.25, -0.2) is 27.9 Å². The quantitative estimate of drug-likeness (QED) is 0.475. The van der Waals surface area contributed by atoms with Gasteiger partial charge in [0.05, 0.1) is 24.6 Å². The van der Waals surface area contributed by atoms with Gasteiger partial charge in [0.25, 0.3) is 0 Å². The topological polar surface area (TPSA) is 110 Å². The first-order valence-corrected chi connectivity index (χ1v) is 11.2. The average molecular weight is 464 g/mol. The lowest BCUT2D eigenvalue weighted by Gasteiger charge is -2.19. The minimum atomic E-state index is -3.45. The number of aromatic nitrogens is 1. The molecular formula is C14H14BrN3O6S2. The lowest BCUT2D eigenvalue weighted by atomic mass is 10.3. The van der Waals surface area contributed by atoms with Gasteiger partial charge in [0.15, 0.2) is 15.0 Å². The predicted molar refractivity (Wildman–Crippen MR) is 96.4 cm³/mol. The number of thiazole rings is 1. The van der Waals surface area contributed by atoms with Gasteiger partial charge in [0.1, 0.15) is 10.5 Å². The second-order valence-electron chi connectivity index (χ2n) is 5.39. The summed E-state index contributed by atoms with van der Waals surface area (Å²) < 4.78 is 33.7. The highest BCUT2D eigenvalue weighted by molar-refractivity contribution is 9.09. The summed E-state index contributed by atoms with van der Waals surface area (Å²) in [4.78, 5) is 31.6. The van der Waals surface area contributed by atoms with Crippen LogP contribution in [0.5, 0.6) is 0 Å². The van der Waals surface area contributed by atoms with Gasteiger partial charge in [0, 0.05) is 18.1 Å². The van der Waals surface area contributed by atoms with E-state index in [1.807, 2.05) is 0 Å². The fourth-order valence-electron chi connectivity index (χ4n) is 2.31. The third-order valence-corrected chi connectivity index (χ3v) is 6.68. The number of anilines is 1. The summed E-state index contributed by atoms with van der Waals surface area (Å²) in [6, 6.07) is 1.04. The SMILES string of the molecule is CS(=O)(=O)c1cnc(N2C(=O)N(CCBr)CC2OC(=O)c2ccoc2)s1. The van der Waals surface area contributed by atoms with Gasteiger partial charge in [-0.3, -0.25) is 0 Å². The van der Waals surface area contributed by atoms with Gasteiger partial charge < -0.3 is 14.1 Å². The summed E-state index contributed by atoms with van der Waals surface area (Å²) in [7, 11) is -3.45. The molecule has 3 rings (SSSR count). The highest BCUT2D eigenvalue weighted by atomic mass is 79.9. The number of hydrogen-bond acceptors (Lipinski definition) is 8. The molecule has 0 aromatic carbocycles. The van der Waals surface area contributed by atoms with Crippen molar-refractivity contribution in [2.24, 2.45) is 0 Å². The van der Waals surface area contributed by atoms with Gasteiger partial charge in [-0.15, -0.1) is 0 Å². The van der Waals surface area contributed by atoms with E-state index in [-0.39, 0.29) is 21.4 Å². The van der Waals surface area contributed by atoms with Crippen molar-refractivity contribution in [3.8, 4) is 0 Å². The van der Waals surface area contributed by atoms with Crippen molar-refractivity contribution in [2.75, 3.05) is 29.6 Å². The monoisotopic (exact) mass is 463 g/mol. The Balaban J connectivity index is 1.88. The van der Waals surface area contributed by atoms with Crippen LogP contribution < -0.4 is 4.90 Å². The molecule has 140 valence electrons. The van der Waals surface area contributed by atoms with Crippen LogP contribution in [-0.4, -0.2) is 61.2 Å². The summed E-state index contributed by atoms with van der Waals surface area (Å²) in [6.45, 7) is 0.543. The molecule has 1 saturated heterocycles. The first-order valence-electron chi connectivity index (χ1n) is 7.34. The highest BCUT2D eigenvalue weighted by Crippen LogP contribution is 2.32. The van der Waals surface area contributed by atoms with E-state index in [4.69, 9.17) is 9.15 Å². The van der Waals surface area contributed by atoms with E-state index in [1.165, 1.54) is 34.6 Å². The number of amides is 2. The molecule has 1 unspecified atom stereocenters. The Morgan fingerprint density at radius 2 is 2.31 bits per heavy atom. The molecule has 9 nitrogen and oxygen atoms in total. The second-order valence-corrected chi connectivity index (χ2v) is 9.44. The van der Waals surface area contributed by atoms with Crippen LogP contribution >= 0.6 is 27.3 Å². The van der Waals surface area contributed by atoms with E-state index in [0.29, 0.717) is 11.9 Å². The van der Waals surface area contributed by atoms with Crippen LogP contribution in [0.15, 0.2) is 33.4 Å². The maximum atomic E-state index is 12.7. The van der Waals surface area contributed by atoms with Gasteiger partial charge in [-0.2, -0.15) is 0 Å². The number of sulfone groups is 1. The Morgan fingerprint density at radius 3 is 2.88 bits per heavy atom. The number of urea groups is 1. The molecule has 0 N–H and O–H groups in total. The maximum Gasteiger partial charge on any atom is 0.343 e. The molecule has 0 aliphatic carbocycles. The Bertz CT molecular complexity index is 911. The zero-order chi connectivity index (χ0) is 18.9. The number of alkyl halides is 1. The number of esters is 1. The fraction of sp³-hybridized carbons (Fsp3) is 0.357. The van der Waals surface area contributed by atoms with Crippen molar-refractivity contribution in [3.63, 3.8) is 0 Å². The van der Waals surface area contributed by atoms with Crippen LogP contribution in [0.25, 0.3) is 0 Å². The molecule has 2 aromatic rings. The van der Waals surface area contributed by atoms with E-state index in [0.717, 1.165) is 17.6 Å². The summed E-state index contributed by atoms with van der Waals surface area (Å²) in [5.41, 5.74) is 0.215. The zero-order valence-corrected chi connectivity index (χ0v) is 16.7. The smallest absolute Gasteiger partial charge is 0.343 e.